The molecule has 1 saturated carbocycles. The molecule has 0 spiro atoms. The highest BCUT2D eigenvalue weighted by Gasteiger charge is 2.42. The molecule has 0 atom stereocenters. The molecule has 1 aromatic rings. The maximum Gasteiger partial charge on any atom is 0.0582 e. The molecule has 3 N–H and O–H groups in total. The number of nitrogens with zero attached hydrogens (tertiary/aromatic N) is 1. The van der Waals surface area contributed by atoms with Gasteiger partial charge in [-0.2, -0.15) is 0 Å². The van der Waals surface area contributed by atoms with Crippen molar-refractivity contribution in [3.8, 4) is 0 Å². The number of hydrogen-bond acceptors (Lipinski definition) is 3. The molecule has 1 aliphatic carbocycles. The summed E-state index contributed by atoms with van der Waals surface area (Å²) in [7, 11) is 0. The van der Waals surface area contributed by atoms with E-state index in [2.05, 4.69) is 4.98 Å². The minimum atomic E-state index is -0.313. The third-order valence-electron chi connectivity index (χ3n) is 2.76. The Morgan fingerprint density at radius 3 is 2.85 bits per heavy atom. The van der Waals surface area contributed by atoms with E-state index in [1.807, 2.05) is 19.2 Å². The van der Waals surface area contributed by atoms with Crippen LogP contribution in [0.15, 0.2) is 18.5 Å². The van der Waals surface area contributed by atoms with E-state index in [-0.39, 0.29) is 11.6 Å². The fourth-order valence-electron chi connectivity index (χ4n) is 2.03. The number of aryl methyl sites for hydroxylation is 1. The summed E-state index contributed by atoms with van der Waals surface area (Å²) in [5, 5.41) is 9.24. The molecule has 3 nitrogen and oxygen atoms in total. The predicted molar refractivity (Wildman–Crippen MR) is 50.1 cm³/mol. The summed E-state index contributed by atoms with van der Waals surface area (Å²) in [5.74, 6) is 0. The summed E-state index contributed by atoms with van der Waals surface area (Å²) >= 11 is 0. The smallest absolute Gasteiger partial charge is 0.0582 e. The summed E-state index contributed by atoms with van der Waals surface area (Å²) in [4.78, 5) is 4.02. The number of aliphatic hydroxyl groups is 1. The fourth-order valence-corrected chi connectivity index (χ4v) is 2.03. The lowest BCUT2D eigenvalue weighted by Gasteiger charge is -2.43. The van der Waals surface area contributed by atoms with E-state index in [1.165, 1.54) is 0 Å². The van der Waals surface area contributed by atoms with E-state index in [4.69, 9.17) is 5.73 Å². The molecule has 0 aliphatic heterocycles. The first kappa shape index (κ1) is 8.66. The van der Waals surface area contributed by atoms with Gasteiger partial charge in [0.2, 0.25) is 0 Å². The molecule has 0 radical (unpaired) electrons. The van der Waals surface area contributed by atoms with Crippen LogP contribution in [0.4, 0.5) is 0 Å². The molecule has 0 amide bonds. The van der Waals surface area contributed by atoms with Crippen molar-refractivity contribution in [1.29, 1.82) is 0 Å². The molecule has 70 valence electrons. The molecular formula is C10H14N2O. The van der Waals surface area contributed by atoms with Crippen LogP contribution in [0.2, 0.25) is 0 Å². The lowest BCUT2D eigenvalue weighted by molar-refractivity contribution is 0.0206. The van der Waals surface area contributed by atoms with Gasteiger partial charge in [0, 0.05) is 17.9 Å². The van der Waals surface area contributed by atoms with E-state index < -0.39 is 0 Å². The van der Waals surface area contributed by atoms with Gasteiger partial charge in [-0.3, -0.25) is 4.98 Å². The van der Waals surface area contributed by atoms with Gasteiger partial charge in [-0.15, -0.1) is 0 Å². The number of hydrogen-bond donors (Lipinski definition) is 2. The van der Waals surface area contributed by atoms with E-state index in [9.17, 15) is 5.11 Å². The molecule has 1 aliphatic rings. The van der Waals surface area contributed by atoms with Crippen molar-refractivity contribution in [2.24, 2.45) is 5.73 Å². The molecule has 2 rings (SSSR count). The van der Waals surface area contributed by atoms with Crippen LogP contribution in [0.5, 0.6) is 0 Å². The van der Waals surface area contributed by atoms with Crippen LogP contribution < -0.4 is 5.73 Å². The molecule has 13 heavy (non-hydrogen) atoms. The van der Waals surface area contributed by atoms with Crippen LogP contribution in [-0.4, -0.2) is 16.2 Å². The minimum Gasteiger partial charge on any atom is -0.393 e. The van der Waals surface area contributed by atoms with Gasteiger partial charge in [0.1, 0.15) is 0 Å². The van der Waals surface area contributed by atoms with Gasteiger partial charge >= 0.3 is 0 Å². The molecule has 0 aromatic carbocycles. The third kappa shape index (κ3) is 1.34. The SMILES string of the molecule is Cc1cnccc1C1(N)CC(O)C1. The highest BCUT2D eigenvalue weighted by molar-refractivity contribution is 5.32. The second-order valence-electron chi connectivity index (χ2n) is 3.91. The van der Waals surface area contributed by atoms with Crippen molar-refractivity contribution >= 4 is 0 Å². The van der Waals surface area contributed by atoms with Gasteiger partial charge in [0.05, 0.1) is 6.10 Å². The van der Waals surface area contributed by atoms with Crippen LogP contribution in [0.25, 0.3) is 0 Å². The molecule has 1 aromatic heterocycles. The summed E-state index contributed by atoms with van der Waals surface area (Å²) in [6.07, 6.45) is 4.67. The van der Waals surface area contributed by atoms with Crippen molar-refractivity contribution in [3.63, 3.8) is 0 Å². The van der Waals surface area contributed by atoms with E-state index in [0.29, 0.717) is 12.8 Å². The van der Waals surface area contributed by atoms with Crippen molar-refractivity contribution in [2.45, 2.75) is 31.4 Å². The topological polar surface area (TPSA) is 59.1 Å². The Morgan fingerprint density at radius 2 is 2.31 bits per heavy atom. The van der Waals surface area contributed by atoms with Crippen molar-refractivity contribution in [2.75, 3.05) is 0 Å². The van der Waals surface area contributed by atoms with Gasteiger partial charge in [0.25, 0.3) is 0 Å². The van der Waals surface area contributed by atoms with E-state index >= 15 is 0 Å². The Hall–Kier alpha value is -0.930. The average Bonchev–Trinajstić information content (AvgIpc) is 2.02. The number of rotatable bonds is 1. The molecule has 1 fully saturated rings. The lowest BCUT2D eigenvalue weighted by Crippen LogP contribution is -2.52. The quantitative estimate of drug-likeness (QED) is 0.665. The van der Waals surface area contributed by atoms with Gasteiger partial charge in [0.15, 0.2) is 0 Å². The number of pyridine rings is 1. The van der Waals surface area contributed by atoms with Gasteiger partial charge < -0.3 is 10.8 Å². The average molecular weight is 178 g/mol. The normalized spacial score (nSPS) is 32.7. The van der Waals surface area contributed by atoms with Crippen LogP contribution in [0, 0.1) is 6.92 Å². The zero-order chi connectivity index (χ0) is 9.47. The maximum absolute atomic E-state index is 9.24. The monoisotopic (exact) mass is 178 g/mol. The highest BCUT2D eigenvalue weighted by Crippen LogP contribution is 2.39. The van der Waals surface area contributed by atoms with Crippen LogP contribution >= 0.6 is 0 Å². The van der Waals surface area contributed by atoms with Crippen molar-refractivity contribution in [3.05, 3.63) is 29.6 Å². The first-order valence-corrected chi connectivity index (χ1v) is 4.50. The summed E-state index contributed by atoms with van der Waals surface area (Å²) in [6, 6.07) is 1.95. The minimum absolute atomic E-state index is 0.224. The first-order valence-electron chi connectivity index (χ1n) is 4.50. The molecule has 0 unspecified atom stereocenters. The van der Waals surface area contributed by atoms with Crippen LogP contribution in [-0.2, 0) is 5.54 Å². The van der Waals surface area contributed by atoms with Gasteiger partial charge in [-0.1, -0.05) is 0 Å². The van der Waals surface area contributed by atoms with E-state index in [0.717, 1.165) is 11.1 Å². The highest BCUT2D eigenvalue weighted by atomic mass is 16.3. The number of nitrogens with two attached hydrogens (primary N) is 1. The molecule has 0 saturated heterocycles. The van der Waals surface area contributed by atoms with Crippen LogP contribution in [0.3, 0.4) is 0 Å². The number of aliphatic hydroxyl groups excluding tert-OH is 1. The molecular weight excluding hydrogens is 164 g/mol. The van der Waals surface area contributed by atoms with Crippen molar-refractivity contribution in [1.82, 2.24) is 4.98 Å². The third-order valence-corrected chi connectivity index (χ3v) is 2.76. The second kappa shape index (κ2) is 2.79. The van der Waals surface area contributed by atoms with Crippen molar-refractivity contribution < 1.29 is 5.11 Å². The Labute approximate surface area is 77.6 Å². The Kier molecular flexibility index (Phi) is 1.86. The Balaban J connectivity index is 2.31. The fraction of sp³-hybridized carbons (Fsp3) is 0.500. The molecule has 1 heterocycles. The Bertz CT molecular complexity index is 318. The summed E-state index contributed by atoms with van der Waals surface area (Å²) < 4.78 is 0. The maximum atomic E-state index is 9.24. The first-order chi connectivity index (χ1) is 6.12. The molecule has 3 heteroatoms. The van der Waals surface area contributed by atoms with Gasteiger partial charge in [-0.25, -0.2) is 0 Å². The standard InChI is InChI=1S/C10H14N2O/c1-7-6-12-3-2-9(7)10(11)4-8(13)5-10/h2-3,6,8,13H,4-5,11H2,1H3. The van der Waals surface area contributed by atoms with E-state index in [1.54, 1.807) is 6.20 Å². The molecule has 0 bridgehead atoms. The zero-order valence-corrected chi connectivity index (χ0v) is 7.70. The second-order valence-corrected chi connectivity index (χ2v) is 3.91. The summed E-state index contributed by atoms with van der Waals surface area (Å²) in [6.45, 7) is 2.00. The summed E-state index contributed by atoms with van der Waals surface area (Å²) in [5.41, 5.74) is 8.04. The van der Waals surface area contributed by atoms with Gasteiger partial charge in [-0.05, 0) is 37.0 Å². The van der Waals surface area contributed by atoms with Crippen LogP contribution in [0.1, 0.15) is 24.0 Å². The zero-order valence-electron chi connectivity index (χ0n) is 7.70. The Morgan fingerprint density at radius 1 is 1.62 bits per heavy atom. The number of aromatic nitrogens is 1. The largest absolute Gasteiger partial charge is 0.393 e. The lowest BCUT2D eigenvalue weighted by atomic mass is 9.70. The predicted octanol–water partition coefficient (Wildman–Crippen LogP) is 0.699.